The summed E-state index contributed by atoms with van der Waals surface area (Å²) in [5.41, 5.74) is 0.00312. The Bertz CT molecular complexity index is 731. The number of benzene rings is 1. The highest BCUT2D eigenvalue weighted by Crippen LogP contribution is 2.29. The molecule has 1 unspecified atom stereocenters. The number of rotatable bonds is 6. The number of hydrogen-bond acceptors (Lipinski definition) is 4. The largest absolute Gasteiger partial charge is 0.433 e. The number of pyridine rings is 1. The normalized spacial score (nSPS) is 18.1. The maximum Gasteiger partial charge on any atom is 0.433 e. The summed E-state index contributed by atoms with van der Waals surface area (Å²) < 4.78 is 44.1. The fourth-order valence-corrected chi connectivity index (χ4v) is 3.37. The van der Waals surface area contributed by atoms with Crippen LogP contribution in [0.3, 0.4) is 0 Å². The molecule has 1 aromatic heterocycles. The minimum absolute atomic E-state index is 0.112. The molecule has 0 saturated carbocycles. The number of aromatic nitrogens is 1. The average molecular weight is 379 g/mol. The molecule has 1 fully saturated rings. The van der Waals surface area contributed by atoms with E-state index in [1.165, 1.54) is 11.6 Å². The third-order valence-corrected chi connectivity index (χ3v) is 4.92. The molecule has 4 nitrogen and oxygen atoms in total. The Labute approximate surface area is 157 Å². The number of alkyl halides is 3. The van der Waals surface area contributed by atoms with E-state index in [0.29, 0.717) is 19.8 Å². The molecule has 146 valence electrons. The number of nitrogens with one attached hydrogen (secondary N) is 2. The van der Waals surface area contributed by atoms with E-state index in [1.807, 2.05) is 18.2 Å². The van der Waals surface area contributed by atoms with E-state index in [-0.39, 0.29) is 17.4 Å². The van der Waals surface area contributed by atoms with Gasteiger partial charge in [0.1, 0.15) is 11.5 Å². The van der Waals surface area contributed by atoms with Gasteiger partial charge in [0.25, 0.3) is 0 Å². The zero-order valence-corrected chi connectivity index (χ0v) is 15.2. The van der Waals surface area contributed by atoms with Crippen LogP contribution in [0.15, 0.2) is 48.5 Å². The molecule has 3 rings (SSSR count). The Hall–Kier alpha value is -2.12. The monoisotopic (exact) mass is 379 g/mol. The highest BCUT2D eigenvalue weighted by atomic mass is 19.4. The summed E-state index contributed by atoms with van der Waals surface area (Å²) >= 11 is 0. The summed E-state index contributed by atoms with van der Waals surface area (Å²) in [6.45, 7) is 3.80. The Morgan fingerprint density at radius 2 is 1.78 bits per heavy atom. The van der Waals surface area contributed by atoms with Crippen LogP contribution in [0.5, 0.6) is 0 Å². The molecular formula is C20H24F3N3O. The predicted octanol–water partition coefficient (Wildman–Crippen LogP) is 4.41. The van der Waals surface area contributed by atoms with Gasteiger partial charge in [0.05, 0.1) is 0 Å². The van der Waals surface area contributed by atoms with Crippen LogP contribution in [0.4, 0.5) is 19.0 Å². The molecule has 2 N–H and O–H groups in total. The highest BCUT2D eigenvalue weighted by molar-refractivity contribution is 5.37. The first-order valence-electron chi connectivity index (χ1n) is 9.07. The first kappa shape index (κ1) is 19.6. The van der Waals surface area contributed by atoms with Crippen molar-refractivity contribution in [3.05, 3.63) is 59.8 Å². The maximum absolute atomic E-state index is 12.9. The van der Waals surface area contributed by atoms with Gasteiger partial charge >= 0.3 is 6.18 Å². The summed E-state index contributed by atoms with van der Waals surface area (Å²) in [5, 5.41) is 6.77. The molecular weight excluding hydrogens is 355 g/mol. The van der Waals surface area contributed by atoms with Gasteiger partial charge < -0.3 is 15.4 Å². The van der Waals surface area contributed by atoms with Crippen LogP contribution >= 0.6 is 0 Å². The third-order valence-electron chi connectivity index (χ3n) is 4.92. The topological polar surface area (TPSA) is 46.2 Å². The molecule has 1 atom stereocenters. The molecule has 2 aromatic rings. The van der Waals surface area contributed by atoms with E-state index >= 15 is 0 Å². The summed E-state index contributed by atoms with van der Waals surface area (Å²) in [4.78, 5) is 3.70. The molecule has 0 amide bonds. The Kier molecular flexibility index (Phi) is 6.01. The highest BCUT2D eigenvalue weighted by Gasteiger charge is 2.35. The van der Waals surface area contributed by atoms with Crippen molar-refractivity contribution in [3.63, 3.8) is 0 Å². The van der Waals surface area contributed by atoms with E-state index < -0.39 is 11.9 Å². The number of hydrogen-bond donors (Lipinski definition) is 2. The SMILES string of the molecule is CC(NC1(CNc2cccc(C(F)(F)F)n2)CCOCC1)c1ccccc1. The molecule has 1 aromatic carbocycles. The fourth-order valence-electron chi connectivity index (χ4n) is 3.37. The molecule has 0 aliphatic carbocycles. The first-order chi connectivity index (χ1) is 12.9. The quantitative estimate of drug-likeness (QED) is 0.780. The van der Waals surface area contributed by atoms with Crippen molar-refractivity contribution in [2.75, 3.05) is 25.1 Å². The van der Waals surface area contributed by atoms with E-state index in [0.717, 1.165) is 18.9 Å². The molecule has 0 radical (unpaired) electrons. The molecule has 1 aliphatic heterocycles. The Morgan fingerprint density at radius 3 is 2.44 bits per heavy atom. The van der Waals surface area contributed by atoms with E-state index in [4.69, 9.17) is 4.74 Å². The lowest BCUT2D eigenvalue weighted by molar-refractivity contribution is -0.141. The molecule has 1 saturated heterocycles. The minimum Gasteiger partial charge on any atom is -0.381 e. The summed E-state index contributed by atoms with van der Waals surface area (Å²) in [6.07, 6.45) is -2.90. The van der Waals surface area contributed by atoms with Gasteiger partial charge in [-0.05, 0) is 37.5 Å². The molecule has 27 heavy (non-hydrogen) atoms. The van der Waals surface area contributed by atoms with Crippen LogP contribution in [0, 0.1) is 0 Å². The number of nitrogens with zero attached hydrogens (tertiary/aromatic N) is 1. The Morgan fingerprint density at radius 1 is 1.07 bits per heavy atom. The van der Waals surface area contributed by atoms with Crippen LogP contribution in [-0.2, 0) is 10.9 Å². The van der Waals surface area contributed by atoms with Gasteiger partial charge in [-0.25, -0.2) is 4.98 Å². The second-order valence-electron chi connectivity index (χ2n) is 6.93. The number of anilines is 1. The van der Waals surface area contributed by atoms with Crippen LogP contribution in [0.25, 0.3) is 0 Å². The lowest BCUT2D eigenvalue weighted by Crippen LogP contribution is -2.54. The lowest BCUT2D eigenvalue weighted by atomic mass is 9.88. The van der Waals surface area contributed by atoms with E-state index in [2.05, 4.69) is 34.7 Å². The summed E-state index contributed by atoms with van der Waals surface area (Å²) in [6, 6.07) is 14.1. The minimum atomic E-state index is -4.45. The van der Waals surface area contributed by atoms with Crippen LogP contribution in [0.1, 0.15) is 37.1 Å². The van der Waals surface area contributed by atoms with Crippen LogP contribution in [-0.4, -0.2) is 30.3 Å². The Balaban J connectivity index is 1.72. The fraction of sp³-hybridized carbons (Fsp3) is 0.450. The van der Waals surface area contributed by atoms with E-state index in [1.54, 1.807) is 6.07 Å². The van der Waals surface area contributed by atoms with Crippen molar-refractivity contribution in [2.24, 2.45) is 0 Å². The van der Waals surface area contributed by atoms with Gasteiger partial charge in [0.2, 0.25) is 0 Å². The van der Waals surface area contributed by atoms with Gasteiger partial charge in [0, 0.05) is 31.3 Å². The second-order valence-corrected chi connectivity index (χ2v) is 6.93. The van der Waals surface area contributed by atoms with Crippen molar-refractivity contribution >= 4 is 5.82 Å². The maximum atomic E-state index is 12.9. The molecule has 0 bridgehead atoms. The van der Waals surface area contributed by atoms with Gasteiger partial charge in [0.15, 0.2) is 0 Å². The predicted molar refractivity (Wildman–Crippen MR) is 98.5 cm³/mol. The van der Waals surface area contributed by atoms with Crippen molar-refractivity contribution in [1.29, 1.82) is 0 Å². The third kappa shape index (κ3) is 5.20. The van der Waals surface area contributed by atoms with Crippen molar-refractivity contribution in [3.8, 4) is 0 Å². The average Bonchev–Trinajstić information content (AvgIpc) is 2.67. The van der Waals surface area contributed by atoms with Gasteiger partial charge in [-0.3, -0.25) is 0 Å². The smallest absolute Gasteiger partial charge is 0.381 e. The van der Waals surface area contributed by atoms with Crippen molar-refractivity contribution < 1.29 is 17.9 Å². The second kappa shape index (κ2) is 8.27. The zero-order chi connectivity index (χ0) is 19.3. The molecule has 1 aliphatic rings. The number of ether oxygens (including phenoxy) is 1. The summed E-state index contributed by atoms with van der Waals surface area (Å²) in [7, 11) is 0. The van der Waals surface area contributed by atoms with Crippen LogP contribution in [0.2, 0.25) is 0 Å². The summed E-state index contributed by atoms with van der Waals surface area (Å²) in [5.74, 6) is 0.227. The number of halogens is 3. The van der Waals surface area contributed by atoms with Gasteiger partial charge in [-0.15, -0.1) is 0 Å². The molecule has 2 heterocycles. The molecule has 7 heteroatoms. The van der Waals surface area contributed by atoms with Gasteiger partial charge in [-0.2, -0.15) is 13.2 Å². The van der Waals surface area contributed by atoms with E-state index in [9.17, 15) is 13.2 Å². The van der Waals surface area contributed by atoms with Crippen LogP contribution < -0.4 is 10.6 Å². The lowest BCUT2D eigenvalue weighted by Gasteiger charge is -2.40. The molecule has 0 spiro atoms. The van der Waals surface area contributed by atoms with Crippen molar-refractivity contribution in [2.45, 2.75) is 37.5 Å². The van der Waals surface area contributed by atoms with Gasteiger partial charge in [-0.1, -0.05) is 36.4 Å². The van der Waals surface area contributed by atoms with Crippen molar-refractivity contribution in [1.82, 2.24) is 10.3 Å². The standard InChI is InChI=1S/C20H24F3N3O/c1-15(16-6-3-2-4-7-16)26-19(10-12-27-13-11-19)14-24-18-9-5-8-17(25-18)20(21,22)23/h2-9,15,26H,10-14H2,1H3,(H,24,25). The first-order valence-corrected chi connectivity index (χ1v) is 9.07. The zero-order valence-electron chi connectivity index (χ0n) is 15.2.